The highest BCUT2D eigenvalue weighted by Gasteiger charge is 2.21. The first-order valence-electron chi connectivity index (χ1n) is 5.86. The second kappa shape index (κ2) is 4.76. The second-order valence-electron chi connectivity index (χ2n) is 4.91. The van der Waals surface area contributed by atoms with Crippen molar-refractivity contribution in [3.63, 3.8) is 0 Å². The summed E-state index contributed by atoms with van der Waals surface area (Å²) in [5.74, 6) is 2.36. The van der Waals surface area contributed by atoms with Gasteiger partial charge in [0.05, 0.1) is 12.4 Å². The fraction of sp³-hybridized carbons (Fsp3) is 0.462. The Morgan fingerprint density at radius 1 is 1.39 bits per heavy atom. The van der Waals surface area contributed by atoms with Crippen LogP contribution < -0.4 is 19.9 Å². The van der Waals surface area contributed by atoms with Gasteiger partial charge in [-0.3, -0.25) is 5.41 Å². The van der Waals surface area contributed by atoms with Crippen molar-refractivity contribution in [2.24, 2.45) is 11.1 Å². The molecule has 2 rings (SSSR count). The van der Waals surface area contributed by atoms with Crippen molar-refractivity contribution >= 4 is 5.84 Å². The summed E-state index contributed by atoms with van der Waals surface area (Å²) in [6, 6.07) is 5.48. The van der Waals surface area contributed by atoms with Gasteiger partial charge in [0.2, 0.25) is 6.79 Å². The molecule has 0 saturated heterocycles. The summed E-state index contributed by atoms with van der Waals surface area (Å²) < 4.78 is 16.1. The third kappa shape index (κ3) is 2.67. The second-order valence-corrected chi connectivity index (χ2v) is 4.91. The molecule has 5 nitrogen and oxygen atoms in total. The summed E-state index contributed by atoms with van der Waals surface area (Å²) >= 11 is 0. The first-order chi connectivity index (χ1) is 8.49. The van der Waals surface area contributed by atoms with E-state index in [1.807, 2.05) is 32.0 Å². The van der Waals surface area contributed by atoms with E-state index in [1.54, 1.807) is 0 Å². The van der Waals surface area contributed by atoms with Gasteiger partial charge in [-0.1, -0.05) is 13.8 Å². The Hall–Kier alpha value is -1.91. The Morgan fingerprint density at radius 2 is 2.11 bits per heavy atom. The van der Waals surface area contributed by atoms with Crippen LogP contribution in [0.2, 0.25) is 0 Å². The van der Waals surface area contributed by atoms with Crippen LogP contribution in [0, 0.1) is 10.8 Å². The highest BCUT2D eigenvalue weighted by molar-refractivity contribution is 5.82. The Bertz CT molecular complexity index is 458. The van der Waals surface area contributed by atoms with Gasteiger partial charge in [-0.15, -0.1) is 0 Å². The molecule has 0 aromatic heterocycles. The molecule has 1 aromatic carbocycles. The van der Waals surface area contributed by atoms with Gasteiger partial charge in [0.1, 0.15) is 5.75 Å². The van der Waals surface area contributed by atoms with E-state index in [0.717, 1.165) is 11.5 Å². The molecule has 98 valence electrons. The number of ether oxygens (including phenoxy) is 3. The third-order valence-corrected chi connectivity index (χ3v) is 3.07. The molecule has 1 aliphatic heterocycles. The molecule has 0 aliphatic carbocycles. The van der Waals surface area contributed by atoms with Crippen LogP contribution in [0.3, 0.4) is 0 Å². The molecule has 18 heavy (non-hydrogen) atoms. The van der Waals surface area contributed by atoms with Gasteiger partial charge in [0, 0.05) is 11.5 Å². The molecule has 0 bridgehead atoms. The van der Waals surface area contributed by atoms with Crippen LogP contribution in [-0.2, 0) is 0 Å². The van der Waals surface area contributed by atoms with E-state index < -0.39 is 0 Å². The molecule has 0 spiro atoms. The van der Waals surface area contributed by atoms with Gasteiger partial charge in [0.15, 0.2) is 11.5 Å². The Labute approximate surface area is 106 Å². The molecule has 0 amide bonds. The maximum atomic E-state index is 7.47. The lowest BCUT2D eigenvalue weighted by molar-refractivity contribution is 0.173. The number of nitrogens with two attached hydrogens (primary N) is 1. The zero-order valence-electron chi connectivity index (χ0n) is 10.7. The lowest BCUT2D eigenvalue weighted by Crippen LogP contribution is -2.32. The van der Waals surface area contributed by atoms with Crippen LogP contribution in [0.5, 0.6) is 17.2 Å². The summed E-state index contributed by atoms with van der Waals surface area (Å²) in [5.41, 5.74) is 5.18. The number of hydrogen-bond acceptors (Lipinski definition) is 4. The van der Waals surface area contributed by atoms with Gasteiger partial charge >= 0.3 is 0 Å². The summed E-state index contributed by atoms with van der Waals surface area (Å²) in [5, 5.41) is 7.47. The van der Waals surface area contributed by atoms with Gasteiger partial charge in [-0.05, 0) is 18.6 Å². The molecular formula is C13H18N2O3. The number of benzene rings is 1. The minimum atomic E-state index is -0.337. The monoisotopic (exact) mass is 250 g/mol. The van der Waals surface area contributed by atoms with E-state index in [4.69, 9.17) is 25.4 Å². The van der Waals surface area contributed by atoms with Crippen molar-refractivity contribution in [1.82, 2.24) is 0 Å². The topological polar surface area (TPSA) is 77.6 Å². The minimum Gasteiger partial charge on any atom is -0.493 e. The van der Waals surface area contributed by atoms with Crippen LogP contribution in [-0.4, -0.2) is 19.2 Å². The van der Waals surface area contributed by atoms with E-state index in [2.05, 4.69) is 0 Å². The SMILES string of the molecule is CC(C)(CCOc1ccc2c(c1)OCO2)C(=N)N. The predicted molar refractivity (Wildman–Crippen MR) is 68.4 cm³/mol. The van der Waals surface area contributed by atoms with Crippen LogP contribution in [0.1, 0.15) is 20.3 Å². The molecule has 1 aromatic rings. The molecule has 0 unspecified atom stereocenters. The zero-order chi connectivity index (χ0) is 13.2. The Balaban J connectivity index is 1.89. The molecule has 5 heteroatoms. The van der Waals surface area contributed by atoms with Crippen LogP contribution >= 0.6 is 0 Å². The smallest absolute Gasteiger partial charge is 0.231 e. The van der Waals surface area contributed by atoms with Crippen LogP contribution in [0.15, 0.2) is 18.2 Å². The fourth-order valence-electron chi connectivity index (χ4n) is 1.53. The largest absolute Gasteiger partial charge is 0.493 e. The quantitative estimate of drug-likeness (QED) is 0.620. The van der Waals surface area contributed by atoms with E-state index in [0.29, 0.717) is 18.8 Å². The molecule has 1 heterocycles. The Morgan fingerprint density at radius 3 is 2.83 bits per heavy atom. The van der Waals surface area contributed by atoms with Crippen molar-refractivity contribution in [2.45, 2.75) is 20.3 Å². The minimum absolute atomic E-state index is 0.178. The predicted octanol–water partition coefficient (Wildman–Crippen LogP) is 2.15. The molecule has 0 radical (unpaired) electrons. The van der Waals surface area contributed by atoms with E-state index in [9.17, 15) is 0 Å². The summed E-state index contributed by atoms with van der Waals surface area (Å²) in [6.07, 6.45) is 0.691. The molecule has 0 fully saturated rings. The third-order valence-electron chi connectivity index (χ3n) is 3.07. The first kappa shape index (κ1) is 12.5. The van der Waals surface area contributed by atoms with Gasteiger partial charge in [-0.2, -0.15) is 0 Å². The van der Waals surface area contributed by atoms with Crippen molar-refractivity contribution < 1.29 is 14.2 Å². The number of amidine groups is 1. The van der Waals surface area contributed by atoms with Gasteiger partial charge < -0.3 is 19.9 Å². The standard InChI is InChI=1S/C13H18N2O3/c1-13(2,12(14)15)5-6-16-9-3-4-10-11(7-9)18-8-17-10/h3-4,7H,5-6,8H2,1-2H3,(H3,14,15). The average Bonchev–Trinajstić information content (AvgIpc) is 2.75. The van der Waals surface area contributed by atoms with E-state index >= 15 is 0 Å². The van der Waals surface area contributed by atoms with Crippen molar-refractivity contribution in [3.8, 4) is 17.2 Å². The maximum absolute atomic E-state index is 7.47. The van der Waals surface area contributed by atoms with E-state index in [1.165, 1.54) is 0 Å². The van der Waals surface area contributed by atoms with Crippen molar-refractivity contribution in [3.05, 3.63) is 18.2 Å². The number of rotatable bonds is 5. The highest BCUT2D eigenvalue weighted by atomic mass is 16.7. The van der Waals surface area contributed by atoms with E-state index in [-0.39, 0.29) is 18.0 Å². The highest BCUT2D eigenvalue weighted by Crippen LogP contribution is 2.35. The van der Waals surface area contributed by atoms with Crippen molar-refractivity contribution in [2.75, 3.05) is 13.4 Å². The number of hydrogen-bond donors (Lipinski definition) is 2. The molecule has 0 saturated carbocycles. The zero-order valence-corrected chi connectivity index (χ0v) is 10.7. The van der Waals surface area contributed by atoms with Crippen LogP contribution in [0.4, 0.5) is 0 Å². The lowest BCUT2D eigenvalue weighted by Gasteiger charge is -2.22. The number of fused-ring (bicyclic) bond motifs is 1. The fourth-order valence-corrected chi connectivity index (χ4v) is 1.53. The molecule has 0 atom stereocenters. The normalized spacial score (nSPS) is 13.4. The summed E-state index contributed by atoms with van der Waals surface area (Å²) in [6.45, 7) is 4.62. The average molecular weight is 250 g/mol. The van der Waals surface area contributed by atoms with Gasteiger partial charge in [-0.25, -0.2) is 0 Å². The molecule has 3 N–H and O–H groups in total. The van der Waals surface area contributed by atoms with Gasteiger partial charge in [0.25, 0.3) is 0 Å². The summed E-state index contributed by atoms with van der Waals surface area (Å²) in [4.78, 5) is 0. The molecular weight excluding hydrogens is 232 g/mol. The summed E-state index contributed by atoms with van der Waals surface area (Å²) in [7, 11) is 0. The van der Waals surface area contributed by atoms with Crippen LogP contribution in [0.25, 0.3) is 0 Å². The maximum Gasteiger partial charge on any atom is 0.231 e. The first-order valence-corrected chi connectivity index (χ1v) is 5.86. The lowest BCUT2D eigenvalue weighted by atomic mass is 9.88. The molecule has 1 aliphatic rings. The Kier molecular flexibility index (Phi) is 3.32. The van der Waals surface area contributed by atoms with Crippen molar-refractivity contribution in [1.29, 1.82) is 5.41 Å². The number of nitrogens with one attached hydrogen (secondary N) is 1.